The summed E-state index contributed by atoms with van der Waals surface area (Å²) in [7, 11) is 1.61. The minimum absolute atomic E-state index is 0.0463. The Balaban J connectivity index is 1.27. The van der Waals surface area contributed by atoms with Gasteiger partial charge in [0, 0.05) is 60.8 Å². The van der Waals surface area contributed by atoms with E-state index in [-0.39, 0.29) is 56.1 Å². The zero-order valence-electron chi connectivity index (χ0n) is 25.6. The van der Waals surface area contributed by atoms with Crippen LogP contribution in [0.5, 0.6) is 0 Å². The summed E-state index contributed by atoms with van der Waals surface area (Å²) in [6, 6.07) is 18.1. The first-order chi connectivity index (χ1) is 22.3. The summed E-state index contributed by atoms with van der Waals surface area (Å²) in [6.07, 6.45) is 4.71. The summed E-state index contributed by atoms with van der Waals surface area (Å²) >= 11 is 0. The van der Waals surface area contributed by atoms with E-state index in [1.807, 2.05) is 18.2 Å². The predicted octanol–water partition coefficient (Wildman–Crippen LogP) is 3.19. The van der Waals surface area contributed by atoms with Crippen LogP contribution in [0.4, 0.5) is 17.2 Å². The Bertz CT molecular complexity index is 1830. The molecule has 1 aliphatic carbocycles. The maximum absolute atomic E-state index is 13.7. The summed E-state index contributed by atoms with van der Waals surface area (Å²) in [5.74, 6) is 0.217. The molecule has 238 valence electrons. The van der Waals surface area contributed by atoms with Gasteiger partial charge in [0.05, 0.1) is 31.2 Å². The van der Waals surface area contributed by atoms with Gasteiger partial charge in [0.2, 0.25) is 0 Å². The van der Waals surface area contributed by atoms with Crippen molar-refractivity contribution in [2.24, 2.45) is 7.05 Å². The number of nitrogens with zero attached hydrogens (tertiary/aromatic N) is 4. The first-order valence-corrected chi connectivity index (χ1v) is 15.5. The molecule has 1 aromatic heterocycles. The van der Waals surface area contributed by atoms with Gasteiger partial charge >= 0.3 is 0 Å². The molecule has 46 heavy (non-hydrogen) atoms. The van der Waals surface area contributed by atoms with Crippen LogP contribution in [0.25, 0.3) is 11.3 Å². The quantitative estimate of drug-likeness (QED) is 0.199. The molecule has 11 nitrogen and oxygen atoms in total. The van der Waals surface area contributed by atoms with E-state index in [0.29, 0.717) is 58.2 Å². The molecule has 2 amide bonds. The largest absolute Gasteiger partial charge is 0.395 e. The van der Waals surface area contributed by atoms with Gasteiger partial charge in [-0.3, -0.25) is 14.4 Å². The van der Waals surface area contributed by atoms with Crippen LogP contribution in [0, 0.1) is 0 Å². The number of hydrogen-bond acceptors (Lipinski definition) is 8. The summed E-state index contributed by atoms with van der Waals surface area (Å²) in [5.41, 5.74) is 5.71. The third-order valence-corrected chi connectivity index (χ3v) is 8.63. The molecule has 0 saturated heterocycles. The van der Waals surface area contributed by atoms with E-state index in [4.69, 9.17) is 0 Å². The Morgan fingerprint density at radius 2 is 1.72 bits per heavy atom. The van der Waals surface area contributed by atoms with Crippen LogP contribution >= 0.6 is 0 Å². The van der Waals surface area contributed by atoms with E-state index in [2.05, 4.69) is 22.4 Å². The van der Waals surface area contributed by atoms with Crippen LogP contribution in [0.1, 0.15) is 56.2 Å². The second-order valence-corrected chi connectivity index (χ2v) is 11.7. The Hall–Kier alpha value is -4.84. The number of nitrogens with one attached hydrogen (secondary N) is 1. The van der Waals surface area contributed by atoms with Crippen LogP contribution in [0.15, 0.2) is 71.7 Å². The molecule has 4 aromatic rings. The fourth-order valence-electron chi connectivity index (χ4n) is 6.03. The lowest BCUT2D eigenvalue weighted by molar-refractivity contribution is 0.0684. The van der Waals surface area contributed by atoms with E-state index >= 15 is 0 Å². The smallest absolute Gasteiger partial charge is 0.293 e. The van der Waals surface area contributed by atoms with Crippen molar-refractivity contribution in [3.63, 3.8) is 0 Å². The summed E-state index contributed by atoms with van der Waals surface area (Å²) in [5, 5.41) is 32.1. The highest BCUT2D eigenvalue weighted by Crippen LogP contribution is 2.41. The number of fused-ring (bicyclic) bond motifs is 1. The lowest BCUT2D eigenvalue weighted by Crippen LogP contribution is -2.38. The molecule has 6 rings (SSSR count). The molecule has 1 fully saturated rings. The van der Waals surface area contributed by atoms with E-state index in [9.17, 15) is 29.7 Å². The lowest BCUT2D eigenvalue weighted by Gasteiger charge is -2.31. The second kappa shape index (κ2) is 13.3. The fourth-order valence-corrected chi connectivity index (χ4v) is 6.03. The van der Waals surface area contributed by atoms with E-state index in [1.54, 1.807) is 48.5 Å². The number of benzene rings is 3. The Labute approximate surface area is 266 Å². The minimum Gasteiger partial charge on any atom is -0.395 e. The average Bonchev–Trinajstić information content (AvgIpc) is 3.92. The molecule has 2 aliphatic rings. The number of anilines is 3. The van der Waals surface area contributed by atoms with Crippen LogP contribution in [0.3, 0.4) is 0 Å². The molecule has 0 atom stereocenters. The molecule has 0 radical (unpaired) electrons. The zero-order valence-corrected chi connectivity index (χ0v) is 25.6. The highest BCUT2D eigenvalue weighted by atomic mass is 16.3. The van der Waals surface area contributed by atoms with Gasteiger partial charge < -0.3 is 35.0 Å². The molecular weight excluding hydrogens is 586 g/mol. The number of amides is 2. The molecule has 2 heterocycles. The van der Waals surface area contributed by atoms with E-state index in [1.165, 1.54) is 27.9 Å². The van der Waals surface area contributed by atoms with Crippen molar-refractivity contribution in [2.45, 2.75) is 31.8 Å². The fraction of sp³-hybridized carbons (Fsp3) is 0.314. The monoisotopic (exact) mass is 623 g/mol. The number of rotatable bonds is 11. The maximum Gasteiger partial charge on any atom is 0.293 e. The molecule has 3 aromatic carbocycles. The van der Waals surface area contributed by atoms with Gasteiger partial charge in [-0.25, -0.2) is 4.98 Å². The van der Waals surface area contributed by atoms with Gasteiger partial charge in [-0.1, -0.05) is 24.3 Å². The number of carbonyl (C=O) groups is 2. The topological polar surface area (TPSA) is 148 Å². The van der Waals surface area contributed by atoms with Crippen molar-refractivity contribution in [2.75, 3.05) is 43.1 Å². The third kappa shape index (κ3) is 6.17. The van der Waals surface area contributed by atoms with Crippen LogP contribution in [0.2, 0.25) is 0 Å². The number of aliphatic hydroxyl groups is 3. The van der Waals surface area contributed by atoms with Crippen LogP contribution < -0.4 is 15.8 Å². The van der Waals surface area contributed by atoms with Crippen molar-refractivity contribution in [1.82, 2.24) is 14.5 Å². The van der Waals surface area contributed by atoms with Crippen molar-refractivity contribution in [3.8, 4) is 11.3 Å². The molecule has 0 bridgehead atoms. The first kappa shape index (κ1) is 31.2. The standard InChI is InChI=1S/C35H37N5O6/c1-38-20-30(37-32(35(38)46)36-26-10-7-23(8-11-26)33(44)39(15-17-41)16-18-42)28-3-2-4-31(29(28)21-43)40-14-13-25-19-24(22-5-6-22)9-12-27(25)34(40)45/h2-4,7-12,19-20,22,41-43H,5-6,13-18,21H2,1H3,(H,36,37). The van der Waals surface area contributed by atoms with Crippen molar-refractivity contribution >= 4 is 29.0 Å². The second-order valence-electron chi connectivity index (χ2n) is 11.7. The van der Waals surface area contributed by atoms with Gasteiger partial charge in [-0.2, -0.15) is 0 Å². The highest BCUT2D eigenvalue weighted by molar-refractivity contribution is 6.09. The number of hydrogen-bond donors (Lipinski definition) is 4. The molecule has 1 aliphatic heterocycles. The number of aryl methyl sites for hydroxylation is 1. The molecule has 1 saturated carbocycles. The Kier molecular flexibility index (Phi) is 8.98. The lowest BCUT2D eigenvalue weighted by atomic mass is 9.93. The molecule has 4 N–H and O–H groups in total. The van der Waals surface area contributed by atoms with E-state index in [0.717, 1.165) is 5.56 Å². The Morgan fingerprint density at radius 1 is 0.978 bits per heavy atom. The number of aliphatic hydroxyl groups excluding tert-OH is 3. The third-order valence-electron chi connectivity index (χ3n) is 8.63. The predicted molar refractivity (Wildman–Crippen MR) is 174 cm³/mol. The van der Waals surface area contributed by atoms with Crippen LogP contribution in [-0.2, 0) is 20.1 Å². The summed E-state index contributed by atoms with van der Waals surface area (Å²) in [4.78, 5) is 47.3. The van der Waals surface area contributed by atoms with Crippen molar-refractivity contribution in [1.29, 1.82) is 0 Å². The zero-order chi connectivity index (χ0) is 32.4. The van der Waals surface area contributed by atoms with Gasteiger partial charge in [0.1, 0.15) is 0 Å². The minimum atomic E-state index is -0.379. The van der Waals surface area contributed by atoms with Gasteiger partial charge in [-0.15, -0.1) is 0 Å². The number of carbonyl (C=O) groups excluding carboxylic acids is 2. The van der Waals surface area contributed by atoms with Gasteiger partial charge in [0.25, 0.3) is 17.4 Å². The van der Waals surface area contributed by atoms with Gasteiger partial charge in [0.15, 0.2) is 5.82 Å². The molecule has 0 unspecified atom stereocenters. The normalized spacial score (nSPS) is 14.3. The first-order valence-electron chi connectivity index (χ1n) is 15.5. The summed E-state index contributed by atoms with van der Waals surface area (Å²) < 4.78 is 1.40. The average molecular weight is 624 g/mol. The molecule has 0 spiro atoms. The number of aromatic nitrogens is 2. The van der Waals surface area contributed by atoms with Gasteiger partial charge in [-0.05, 0) is 72.7 Å². The highest BCUT2D eigenvalue weighted by Gasteiger charge is 2.30. The van der Waals surface area contributed by atoms with Crippen molar-refractivity contribution in [3.05, 3.63) is 105 Å². The molecular formula is C35H37N5O6. The molecule has 11 heteroatoms. The van der Waals surface area contributed by atoms with E-state index < -0.39 is 0 Å². The van der Waals surface area contributed by atoms with Crippen molar-refractivity contribution < 1.29 is 24.9 Å². The Morgan fingerprint density at radius 3 is 2.39 bits per heavy atom. The SMILES string of the molecule is Cn1cc(-c2cccc(N3CCc4cc(C5CC5)ccc4C3=O)c2CO)nc(Nc2ccc(C(=O)N(CCO)CCO)cc2)c1=O. The summed E-state index contributed by atoms with van der Waals surface area (Å²) in [6.45, 7) is -0.0928. The van der Waals surface area contributed by atoms with Crippen LogP contribution in [-0.4, -0.2) is 74.4 Å². The maximum atomic E-state index is 13.7.